The molecule has 42 heavy (non-hydrogen) atoms. The fourth-order valence-corrected chi connectivity index (χ4v) is 4.87. The van der Waals surface area contributed by atoms with Crippen LogP contribution < -0.4 is 10.1 Å². The lowest BCUT2D eigenvalue weighted by molar-refractivity contribution is -0.138. The Hall–Kier alpha value is -4.23. The molecule has 13 heteroatoms. The van der Waals surface area contributed by atoms with E-state index in [9.17, 15) is 18.0 Å². The number of nitrogens with one attached hydrogen (secondary N) is 2. The third kappa shape index (κ3) is 6.16. The number of hydrogen-bond acceptors (Lipinski definition) is 7. The van der Waals surface area contributed by atoms with Crippen molar-refractivity contribution < 1.29 is 27.1 Å². The average Bonchev–Trinajstić information content (AvgIpc) is 3.32. The molecule has 0 radical (unpaired) electrons. The van der Waals surface area contributed by atoms with Crippen LogP contribution in [0.4, 0.5) is 29.1 Å². The first-order valence-electron chi connectivity index (χ1n) is 13.3. The number of aromatic amines is 1. The van der Waals surface area contributed by atoms with Gasteiger partial charge in [0.15, 0.2) is 17.4 Å². The lowest BCUT2D eigenvalue weighted by Gasteiger charge is -2.33. The minimum Gasteiger partial charge on any atom is -0.435 e. The molecule has 1 amide bonds. The van der Waals surface area contributed by atoms with Crippen molar-refractivity contribution in [3.63, 3.8) is 0 Å². The highest BCUT2D eigenvalue weighted by Crippen LogP contribution is 2.37. The number of benzene rings is 2. The molecule has 1 fully saturated rings. The SMILES string of the molecule is Cc1cc2c(F)c(Oc3ncnc(Nc4ccc(CN5CCN(C)CC5)c(C(F)(F)F)c4)c3C(=O)N(C)C)ccc2[nH]1. The molecule has 5 rings (SSSR count). The Morgan fingerprint density at radius 3 is 2.52 bits per heavy atom. The van der Waals surface area contributed by atoms with Gasteiger partial charge in [-0.15, -0.1) is 0 Å². The summed E-state index contributed by atoms with van der Waals surface area (Å²) >= 11 is 0. The highest BCUT2D eigenvalue weighted by atomic mass is 19.4. The molecule has 4 aromatic rings. The van der Waals surface area contributed by atoms with E-state index in [1.165, 1.54) is 37.2 Å². The Balaban J connectivity index is 1.49. The number of aromatic nitrogens is 3. The van der Waals surface area contributed by atoms with Gasteiger partial charge in [0.25, 0.3) is 5.91 Å². The van der Waals surface area contributed by atoms with Crippen molar-refractivity contribution in [3.8, 4) is 11.6 Å². The second-order valence-corrected chi connectivity index (χ2v) is 10.6. The molecule has 0 atom stereocenters. The molecule has 0 saturated carbocycles. The number of carbonyl (C=O) groups excluding carboxylic acids is 1. The van der Waals surface area contributed by atoms with Gasteiger partial charge in [-0.1, -0.05) is 6.07 Å². The summed E-state index contributed by atoms with van der Waals surface area (Å²) in [6.45, 7) is 4.86. The predicted molar refractivity (Wildman–Crippen MR) is 151 cm³/mol. The Bertz CT molecular complexity index is 1610. The number of alkyl halides is 3. The van der Waals surface area contributed by atoms with E-state index in [2.05, 4.69) is 25.2 Å². The zero-order chi connectivity index (χ0) is 30.2. The second kappa shape index (κ2) is 11.6. The zero-order valence-electron chi connectivity index (χ0n) is 23.6. The lowest BCUT2D eigenvalue weighted by Crippen LogP contribution is -2.44. The van der Waals surface area contributed by atoms with Gasteiger partial charge in [-0.3, -0.25) is 9.69 Å². The average molecular weight is 586 g/mol. The molecule has 222 valence electrons. The standard InChI is InChI=1S/C29H31F4N7O2/c1-17-13-20-22(36-17)7-8-23(25(20)30)42-27-24(28(41)38(2)3)26(34-16-35-27)37-19-6-5-18(21(14-19)29(31,32)33)15-40-11-9-39(4)10-12-40/h5-8,13-14,16,36H,9-12,15H2,1-4H3,(H,34,35,37). The van der Waals surface area contributed by atoms with Gasteiger partial charge in [-0.05, 0) is 49.9 Å². The summed E-state index contributed by atoms with van der Waals surface area (Å²) in [4.78, 5) is 29.8. The molecule has 0 spiro atoms. The molecular weight excluding hydrogens is 554 g/mol. The molecule has 3 heterocycles. The Morgan fingerprint density at radius 1 is 1.10 bits per heavy atom. The van der Waals surface area contributed by atoms with Crippen molar-refractivity contribution in [2.45, 2.75) is 19.6 Å². The molecule has 2 aromatic carbocycles. The minimum atomic E-state index is -4.60. The van der Waals surface area contributed by atoms with Gasteiger partial charge in [0, 0.05) is 69.1 Å². The van der Waals surface area contributed by atoms with Crippen molar-refractivity contribution in [2.24, 2.45) is 0 Å². The summed E-state index contributed by atoms with van der Waals surface area (Å²) in [5.74, 6) is -1.75. The number of likely N-dealkylation sites (N-methyl/N-ethyl adjacent to an activating group) is 1. The largest absolute Gasteiger partial charge is 0.435 e. The smallest absolute Gasteiger partial charge is 0.416 e. The predicted octanol–water partition coefficient (Wildman–Crippen LogP) is 5.41. The quantitative estimate of drug-likeness (QED) is 0.281. The molecule has 2 aromatic heterocycles. The second-order valence-electron chi connectivity index (χ2n) is 10.6. The number of ether oxygens (including phenoxy) is 1. The van der Waals surface area contributed by atoms with Gasteiger partial charge in [-0.2, -0.15) is 13.2 Å². The number of H-pyrrole nitrogens is 1. The number of nitrogens with zero attached hydrogens (tertiary/aromatic N) is 5. The van der Waals surface area contributed by atoms with E-state index in [1.807, 2.05) is 11.9 Å². The Morgan fingerprint density at radius 2 is 1.83 bits per heavy atom. The number of rotatable bonds is 7. The van der Waals surface area contributed by atoms with Crippen molar-refractivity contribution >= 4 is 28.3 Å². The van der Waals surface area contributed by atoms with Crippen LogP contribution in [0.5, 0.6) is 11.6 Å². The van der Waals surface area contributed by atoms with E-state index in [4.69, 9.17) is 4.74 Å². The number of anilines is 2. The van der Waals surface area contributed by atoms with Crippen LogP contribution in [0.3, 0.4) is 0 Å². The van der Waals surface area contributed by atoms with Gasteiger partial charge in [0.2, 0.25) is 5.88 Å². The van der Waals surface area contributed by atoms with Gasteiger partial charge in [0.1, 0.15) is 11.9 Å². The molecule has 0 aliphatic carbocycles. The van der Waals surface area contributed by atoms with Crippen LogP contribution in [-0.2, 0) is 12.7 Å². The van der Waals surface area contributed by atoms with Gasteiger partial charge in [0.05, 0.1) is 5.56 Å². The van der Waals surface area contributed by atoms with E-state index >= 15 is 4.39 Å². The Labute approximate surface area is 240 Å². The van der Waals surface area contributed by atoms with Crippen LogP contribution in [0.15, 0.2) is 42.7 Å². The molecule has 1 aliphatic rings. The van der Waals surface area contributed by atoms with Crippen LogP contribution >= 0.6 is 0 Å². The highest BCUT2D eigenvalue weighted by Gasteiger charge is 2.34. The number of carbonyl (C=O) groups is 1. The first kappa shape index (κ1) is 29.3. The van der Waals surface area contributed by atoms with E-state index in [1.54, 1.807) is 19.1 Å². The topological polar surface area (TPSA) is 89.6 Å². The molecule has 0 bridgehead atoms. The van der Waals surface area contributed by atoms with Crippen LogP contribution in [0.25, 0.3) is 10.9 Å². The molecular formula is C29H31F4N7O2. The van der Waals surface area contributed by atoms with E-state index < -0.39 is 23.5 Å². The number of fused-ring (bicyclic) bond motifs is 1. The normalized spacial score (nSPS) is 14.8. The van der Waals surface area contributed by atoms with Crippen LogP contribution in [-0.4, -0.2) is 82.9 Å². The van der Waals surface area contributed by atoms with Crippen LogP contribution in [0, 0.1) is 12.7 Å². The number of aryl methyl sites for hydroxylation is 1. The first-order chi connectivity index (χ1) is 19.9. The van der Waals surface area contributed by atoms with Gasteiger partial charge in [-0.25, -0.2) is 14.4 Å². The van der Waals surface area contributed by atoms with E-state index in [0.717, 1.165) is 31.2 Å². The summed E-state index contributed by atoms with van der Waals surface area (Å²) in [6, 6.07) is 8.61. The van der Waals surface area contributed by atoms with Gasteiger partial charge >= 0.3 is 6.18 Å². The fraction of sp³-hybridized carbons (Fsp3) is 0.345. The number of piperazine rings is 1. The highest BCUT2D eigenvalue weighted by molar-refractivity contribution is 6.01. The van der Waals surface area contributed by atoms with Crippen molar-refractivity contribution in [1.82, 2.24) is 29.7 Å². The number of amides is 1. The molecule has 2 N–H and O–H groups in total. The maximum absolute atomic E-state index is 15.3. The molecule has 1 saturated heterocycles. The van der Waals surface area contributed by atoms with Crippen LogP contribution in [0.2, 0.25) is 0 Å². The van der Waals surface area contributed by atoms with Crippen LogP contribution in [0.1, 0.15) is 27.2 Å². The molecule has 9 nitrogen and oxygen atoms in total. The third-order valence-electron chi connectivity index (χ3n) is 7.14. The fourth-order valence-electron chi connectivity index (χ4n) is 4.87. The monoisotopic (exact) mass is 585 g/mol. The van der Waals surface area contributed by atoms with E-state index in [0.29, 0.717) is 24.0 Å². The summed E-state index contributed by atoms with van der Waals surface area (Å²) in [5, 5.41) is 3.13. The summed E-state index contributed by atoms with van der Waals surface area (Å²) < 4.78 is 63.5. The van der Waals surface area contributed by atoms with Crippen molar-refractivity contribution in [2.75, 3.05) is 52.6 Å². The first-order valence-corrected chi connectivity index (χ1v) is 13.3. The van der Waals surface area contributed by atoms with Crippen molar-refractivity contribution in [1.29, 1.82) is 0 Å². The minimum absolute atomic E-state index is 0.0670. The van der Waals surface area contributed by atoms with E-state index in [-0.39, 0.29) is 40.8 Å². The summed E-state index contributed by atoms with van der Waals surface area (Å²) in [6.07, 6.45) is -3.51. The van der Waals surface area contributed by atoms with Gasteiger partial charge < -0.3 is 24.8 Å². The maximum Gasteiger partial charge on any atom is 0.416 e. The lowest BCUT2D eigenvalue weighted by atomic mass is 10.0. The maximum atomic E-state index is 15.3. The van der Waals surface area contributed by atoms with Crippen molar-refractivity contribution in [3.05, 3.63) is 70.9 Å². The number of hydrogen-bond donors (Lipinski definition) is 2. The number of halogens is 4. The summed E-state index contributed by atoms with van der Waals surface area (Å²) in [5.41, 5.74) is 0.600. The Kier molecular flexibility index (Phi) is 8.06. The molecule has 0 unspecified atom stereocenters. The zero-order valence-corrected chi connectivity index (χ0v) is 23.6. The molecule has 1 aliphatic heterocycles. The third-order valence-corrected chi connectivity index (χ3v) is 7.14. The summed E-state index contributed by atoms with van der Waals surface area (Å²) in [7, 11) is 4.97.